The van der Waals surface area contributed by atoms with Crippen molar-refractivity contribution >= 4 is 31.1 Å². The van der Waals surface area contributed by atoms with Gasteiger partial charge >= 0.3 is 31.1 Å². The zero-order chi connectivity index (χ0) is 18.1. The molecule has 23 heavy (non-hydrogen) atoms. The first-order chi connectivity index (χ1) is 10.2. The van der Waals surface area contributed by atoms with Crippen LogP contribution in [0.4, 0.5) is 0 Å². The molecule has 1 fully saturated rings. The van der Waals surface area contributed by atoms with Crippen LogP contribution in [0.1, 0.15) is 6.42 Å². The number of hydrogen-bond donors (Lipinski definition) is 5. The molecule has 14 nitrogen and oxygen atoms in total. The van der Waals surface area contributed by atoms with Gasteiger partial charge in [-0.15, -0.1) is 0 Å². The van der Waals surface area contributed by atoms with Crippen LogP contribution < -0.4 is 4.72 Å². The molecule has 138 valence electrons. The zero-order valence-electron chi connectivity index (χ0n) is 10.9. The summed E-state index contributed by atoms with van der Waals surface area (Å²) in [7, 11) is -14.9. The van der Waals surface area contributed by atoms with Gasteiger partial charge in [-0.3, -0.25) is 13.7 Å². The van der Waals surface area contributed by atoms with Crippen molar-refractivity contribution in [3.05, 3.63) is 0 Å². The molecule has 3 unspecified atom stereocenters. The monoisotopic (exact) mass is 403 g/mol. The second-order valence-corrected chi connectivity index (χ2v) is 7.60. The van der Waals surface area contributed by atoms with Gasteiger partial charge in [-0.25, -0.2) is 8.37 Å². The van der Waals surface area contributed by atoms with Gasteiger partial charge in [0, 0.05) is 6.42 Å². The van der Waals surface area contributed by atoms with E-state index < -0.39 is 68.7 Å². The maximum Gasteiger partial charge on any atom is 0.397 e. The lowest BCUT2D eigenvalue weighted by Crippen LogP contribution is -2.58. The Morgan fingerprint density at radius 1 is 1.04 bits per heavy atom. The summed E-state index contributed by atoms with van der Waals surface area (Å²) >= 11 is 0. The number of rotatable bonds is 7. The van der Waals surface area contributed by atoms with E-state index in [-0.39, 0.29) is 0 Å². The fourth-order valence-electron chi connectivity index (χ4n) is 1.76. The fourth-order valence-corrected chi connectivity index (χ4v) is 3.20. The van der Waals surface area contributed by atoms with Crippen LogP contribution in [0, 0.1) is 0 Å². The van der Waals surface area contributed by atoms with Crippen molar-refractivity contribution in [2.75, 3.05) is 6.61 Å². The Labute approximate surface area is 131 Å². The minimum absolute atomic E-state index is 0.598. The van der Waals surface area contributed by atoms with Crippen molar-refractivity contribution in [3.8, 4) is 0 Å². The van der Waals surface area contributed by atoms with E-state index >= 15 is 0 Å². The van der Waals surface area contributed by atoms with E-state index in [2.05, 4.69) is 8.37 Å². The minimum atomic E-state index is -5.09. The third-order valence-corrected chi connectivity index (χ3v) is 3.96. The number of hydrogen-bond acceptors (Lipinski definition) is 10. The highest BCUT2D eigenvalue weighted by Crippen LogP contribution is 2.24. The average molecular weight is 403 g/mol. The van der Waals surface area contributed by atoms with E-state index in [9.17, 15) is 30.4 Å². The quantitative estimate of drug-likeness (QED) is 0.265. The molecule has 0 radical (unpaired) electrons. The van der Waals surface area contributed by atoms with Gasteiger partial charge in [-0.2, -0.15) is 30.0 Å². The number of aliphatic hydroxyl groups is 1. The van der Waals surface area contributed by atoms with Crippen molar-refractivity contribution in [1.82, 2.24) is 4.72 Å². The molecule has 1 aliphatic heterocycles. The minimum Gasteiger partial charge on any atom is -0.366 e. The van der Waals surface area contributed by atoms with Crippen LogP contribution in [-0.4, -0.2) is 75.2 Å². The normalized spacial score (nSPS) is 30.3. The summed E-state index contributed by atoms with van der Waals surface area (Å²) in [6.45, 7) is -0.875. The van der Waals surface area contributed by atoms with E-state index in [0.717, 1.165) is 0 Å². The molecule has 1 rings (SSSR count). The van der Waals surface area contributed by atoms with E-state index in [1.807, 2.05) is 0 Å². The number of nitrogens with one attached hydrogen (secondary N) is 1. The average Bonchev–Trinajstić information content (AvgIpc) is 2.27. The summed E-state index contributed by atoms with van der Waals surface area (Å²) in [6.07, 6.45) is -5.85. The Hall–Kier alpha value is -0.470. The number of ether oxygens (including phenoxy) is 1. The van der Waals surface area contributed by atoms with Gasteiger partial charge in [0.15, 0.2) is 6.29 Å². The molecular weight excluding hydrogens is 390 g/mol. The molecule has 5 N–H and O–H groups in total. The second kappa shape index (κ2) is 7.19. The molecule has 0 aromatic rings. The molecule has 17 heteroatoms. The Morgan fingerprint density at radius 2 is 1.61 bits per heavy atom. The topological polar surface area (TPSA) is 223 Å². The van der Waals surface area contributed by atoms with Crippen LogP contribution >= 0.6 is 0 Å². The first-order valence-electron chi connectivity index (χ1n) is 5.52. The standard InChI is InChI=1S/C6H13NO13S3/c8-6-5(7-21(9,10)11)4(20-23(15,16)17)1-3(19-6)2-18-22(12,13)14/h3-8H,1-2H2,(H,9,10,11)(H,12,13,14)(H,15,16,17)/t3?,4-,5?,6?/m1/s1. The van der Waals surface area contributed by atoms with Crippen LogP contribution in [0.25, 0.3) is 0 Å². The SMILES string of the molecule is O=S(=O)(O)NC1C(O)OC(COS(=O)(=O)O)C[C@H]1OS(=O)(=O)O. The van der Waals surface area contributed by atoms with E-state index in [1.165, 1.54) is 4.72 Å². The van der Waals surface area contributed by atoms with Gasteiger partial charge in [0.1, 0.15) is 12.1 Å². The fraction of sp³-hybridized carbons (Fsp3) is 1.00. The smallest absolute Gasteiger partial charge is 0.366 e. The Kier molecular flexibility index (Phi) is 6.43. The third kappa shape index (κ3) is 8.26. The van der Waals surface area contributed by atoms with Crippen LogP contribution in [-0.2, 0) is 44.2 Å². The number of aliphatic hydroxyl groups excluding tert-OH is 1. The first-order valence-corrected chi connectivity index (χ1v) is 9.69. The molecule has 1 heterocycles. The van der Waals surface area contributed by atoms with Gasteiger partial charge in [0.2, 0.25) is 0 Å². The summed E-state index contributed by atoms with van der Waals surface area (Å²) in [6, 6.07) is -1.85. The lowest BCUT2D eigenvalue weighted by Gasteiger charge is -2.37. The summed E-state index contributed by atoms with van der Waals surface area (Å²) in [5.74, 6) is 0. The van der Waals surface area contributed by atoms with Crippen LogP contribution in [0.2, 0.25) is 0 Å². The molecule has 0 bridgehead atoms. The maximum atomic E-state index is 10.8. The summed E-state index contributed by atoms with van der Waals surface area (Å²) in [4.78, 5) is 0. The van der Waals surface area contributed by atoms with Crippen LogP contribution in [0.5, 0.6) is 0 Å². The molecule has 0 aliphatic carbocycles. The Morgan fingerprint density at radius 3 is 2.04 bits per heavy atom. The first kappa shape index (κ1) is 20.6. The largest absolute Gasteiger partial charge is 0.397 e. The molecule has 0 aromatic heterocycles. The Bertz CT molecular complexity index is 711. The molecule has 1 aliphatic rings. The highest BCUT2D eigenvalue weighted by atomic mass is 32.3. The van der Waals surface area contributed by atoms with E-state index in [0.29, 0.717) is 0 Å². The zero-order valence-corrected chi connectivity index (χ0v) is 13.4. The van der Waals surface area contributed by atoms with Crippen molar-refractivity contribution in [1.29, 1.82) is 0 Å². The lowest BCUT2D eigenvalue weighted by molar-refractivity contribution is -0.205. The van der Waals surface area contributed by atoms with Gasteiger partial charge in [0.25, 0.3) is 0 Å². The van der Waals surface area contributed by atoms with Gasteiger partial charge in [-0.1, -0.05) is 0 Å². The molecule has 1 saturated heterocycles. The maximum absolute atomic E-state index is 10.8. The predicted octanol–water partition coefficient (Wildman–Crippen LogP) is -3.14. The van der Waals surface area contributed by atoms with Crippen molar-refractivity contribution in [2.45, 2.75) is 31.0 Å². The molecular formula is C6H13NO13S3. The second-order valence-electron chi connectivity index (χ2n) is 4.28. The molecule has 0 saturated carbocycles. The van der Waals surface area contributed by atoms with Gasteiger partial charge in [-0.05, 0) is 0 Å². The highest BCUT2D eigenvalue weighted by molar-refractivity contribution is 7.83. The van der Waals surface area contributed by atoms with Gasteiger partial charge in [0.05, 0.1) is 12.7 Å². The van der Waals surface area contributed by atoms with Gasteiger partial charge < -0.3 is 9.84 Å². The van der Waals surface area contributed by atoms with Crippen molar-refractivity contribution in [3.63, 3.8) is 0 Å². The molecule has 0 amide bonds. The summed E-state index contributed by atoms with van der Waals surface area (Å²) in [5, 5.41) is 9.62. The molecule has 0 spiro atoms. The Balaban J connectivity index is 2.93. The summed E-state index contributed by atoms with van der Waals surface area (Å²) < 4.78 is 104. The van der Waals surface area contributed by atoms with E-state index in [4.69, 9.17) is 18.4 Å². The predicted molar refractivity (Wildman–Crippen MR) is 67.9 cm³/mol. The van der Waals surface area contributed by atoms with E-state index in [1.54, 1.807) is 0 Å². The summed E-state index contributed by atoms with van der Waals surface area (Å²) in [5.41, 5.74) is 0. The third-order valence-electron chi connectivity index (χ3n) is 2.47. The van der Waals surface area contributed by atoms with Crippen LogP contribution in [0.15, 0.2) is 0 Å². The lowest BCUT2D eigenvalue weighted by atomic mass is 10.0. The highest BCUT2D eigenvalue weighted by Gasteiger charge is 2.43. The molecule has 4 atom stereocenters. The van der Waals surface area contributed by atoms with Crippen molar-refractivity contribution in [2.24, 2.45) is 0 Å². The molecule has 0 aromatic carbocycles. The van der Waals surface area contributed by atoms with Crippen molar-refractivity contribution < 1.29 is 57.1 Å². The van der Waals surface area contributed by atoms with Crippen LogP contribution in [0.3, 0.4) is 0 Å².